The van der Waals surface area contributed by atoms with E-state index in [1.807, 2.05) is 30.3 Å². The summed E-state index contributed by atoms with van der Waals surface area (Å²) < 4.78 is 0. The number of carbonyl (C=O) groups excluding carboxylic acids is 1. The fourth-order valence-electron chi connectivity index (χ4n) is 1.72. The number of aromatic nitrogens is 2. The van der Waals surface area contributed by atoms with Gasteiger partial charge in [-0.15, -0.1) is 0 Å². The number of hydrogen-bond donors (Lipinski definition) is 1. The second-order valence-electron chi connectivity index (χ2n) is 4.32. The van der Waals surface area contributed by atoms with Crippen molar-refractivity contribution in [2.75, 3.05) is 19.4 Å². The third-order valence-electron chi connectivity index (χ3n) is 2.69. The zero-order valence-corrected chi connectivity index (χ0v) is 10.9. The van der Waals surface area contributed by atoms with Gasteiger partial charge < -0.3 is 10.2 Å². The molecule has 0 aliphatic rings. The van der Waals surface area contributed by atoms with Gasteiger partial charge in [0, 0.05) is 20.3 Å². The second-order valence-corrected chi connectivity index (χ2v) is 4.32. The zero-order valence-electron chi connectivity index (χ0n) is 10.9. The van der Waals surface area contributed by atoms with Gasteiger partial charge in [0.1, 0.15) is 18.2 Å². The van der Waals surface area contributed by atoms with Crippen molar-refractivity contribution >= 4 is 11.7 Å². The monoisotopic (exact) mass is 256 g/mol. The Morgan fingerprint density at radius 3 is 2.53 bits per heavy atom. The molecule has 19 heavy (non-hydrogen) atoms. The van der Waals surface area contributed by atoms with Gasteiger partial charge in [-0.3, -0.25) is 4.79 Å². The predicted octanol–water partition coefficient (Wildman–Crippen LogP) is 1.72. The van der Waals surface area contributed by atoms with Gasteiger partial charge in [-0.1, -0.05) is 30.3 Å². The van der Waals surface area contributed by atoms with Crippen LogP contribution in [0.2, 0.25) is 0 Å². The number of nitrogens with zero attached hydrogens (tertiary/aromatic N) is 3. The molecule has 0 aliphatic heterocycles. The van der Waals surface area contributed by atoms with Crippen LogP contribution in [0.5, 0.6) is 0 Å². The van der Waals surface area contributed by atoms with E-state index in [9.17, 15) is 4.79 Å². The minimum Gasteiger partial charge on any atom is -0.355 e. The van der Waals surface area contributed by atoms with E-state index in [0.717, 1.165) is 5.56 Å². The molecule has 1 aromatic carbocycles. The molecule has 0 unspecified atom stereocenters. The van der Waals surface area contributed by atoms with Crippen LogP contribution < -0.4 is 5.32 Å². The summed E-state index contributed by atoms with van der Waals surface area (Å²) in [5.74, 6) is 0.601. The third kappa shape index (κ3) is 3.28. The van der Waals surface area contributed by atoms with Gasteiger partial charge in [-0.05, 0) is 11.6 Å². The average Bonchev–Trinajstić information content (AvgIpc) is 2.46. The van der Waals surface area contributed by atoms with Crippen molar-refractivity contribution in [3.05, 3.63) is 54.5 Å². The molecule has 98 valence electrons. The first-order valence-corrected chi connectivity index (χ1v) is 5.97. The second kappa shape index (κ2) is 5.95. The highest BCUT2D eigenvalue weighted by Crippen LogP contribution is 2.19. The van der Waals surface area contributed by atoms with Crippen LogP contribution in [0, 0.1) is 0 Å². The summed E-state index contributed by atoms with van der Waals surface area (Å²) in [4.78, 5) is 21.8. The molecule has 1 amide bonds. The van der Waals surface area contributed by atoms with Gasteiger partial charge in [-0.2, -0.15) is 0 Å². The fraction of sp³-hybridized carbons (Fsp3) is 0.214. The quantitative estimate of drug-likeness (QED) is 0.905. The van der Waals surface area contributed by atoms with E-state index >= 15 is 0 Å². The lowest BCUT2D eigenvalue weighted by molar-refractivity contribution is -0.129. The molecule has 2 rings (SSSR count). The smallest absolute Gasteiger partial charge is 0.249 e. The molecule has 0 saturated carbocycles. The van der Waals surface area contributed by atoms with Gasteiger partial charge in [0.2, 0.25) is 5.91 Å². The number of benzene rings is 1. The summed E-state index contributed by atoms with van der Waals surface area (Å²) in [5, 5.41) is 3.13. The lowest BCUT2D eigenvalue weighted by Gasteiger charge is -2.22. The Hall–Kier alpha value is -2.43. The molecular weight excluding hydrogens is 240 g/mol. The lowest BCUT2D eigenvalue weighted by Crippen LogP contribution is -2.32. The van der Waals surface area contributed by atoms with Crippen LogP contribution >= 0.6 is 0 Å². The van der Waals surface area contributed by atoms with E-state index in [4.69, 9.17) is 0 Å². The maximum atomic E-state index is 12.3. The Bertz CT molecular complexity index is 528. The highest BCUT2D eigenvalue weighted by molar-refractivity contribution is 5.85. The number of carbonyl (C=O) groups is 1. The van der Waals surface area contributed by atoms with Gasteiger partial charge >= 0.3 is 0 Å². The Kier molecular flexibility index (Phi) is 4.07. The van der Waals surface area contributed by atoms with Gasteiger partial charge in [0.15, 0.2) is 0 Å². The van der Waals surface area contributed by atoms with E-state index in [2.05, 4.69) is 15.3 Å². The molecule has 0 radical (unpaired) electrons. The molecule has 5 nitrogen and oxygen atoms in total. The summed E-state index contributed by atoms with van der Waals surface area (Å²) in [5.41, 5.74) is 0.903. The molecule has 5 heteroatoms. The fourth-order valence-corrected chi connectivity index (χ4v) is 1.72. The number of hydrogen-bond acceptors (Lipinski definition) is 4. The van der Waals surface area contributed by atoms with Crippen LogP contribution in [0.3, 0.4) is 0 Å². The summed E-state index contributed by atoms with van der Waals surface area (Å²) in [6, 6.07) is 10.9. The normalized spacial score (nSPS) is 11.7. The van der Waals surface area contributed by atoms with E-state index in [1.54, 1.807) is 31.3 Å². The van der Waals surface area contributed by atoms with Crippen LogP contribution in [0.1, 0.15) is 11.6 Å². The summed E-state index contributed by atoms with van der Waals surface area (Å²) >= 11 is 0. The molecule has 1 heterocycles. The van der Waals surface area contributed by atoms with Crippen molar-refractivity contribution < 1.29 is 4.79 Å². The van der Waals surface area contributed by atoms with E-state index in [1.165, 1.54) is 6.33 Å². The van der Waals surface area contributed by atoms with Gasteiger partial charge in [-0.25, -0.2) is 9.97 Å². The summed E-state index contributed by atoms with van der Waals surface area (Å²) in [7, 11) is 3.47. The Morgan fingerprint density at radius 1 is 1.21 bits per heavy atom. The topological polar surface area (TPSA) is 58.1 Å². The van der Waals surface area contributed by atoms with E-state index in [0.29, 0.717) is 5.82 Å². The molecule has 0 aliphatic carbocycles. The number of amides is 1. The standard InChI is InChI=1S/C14H16N4O/c1-18(2)14(19)13(11-6-4-3-5-7-11)17-12-8-9-15-10-16-12/h3-10,13H,1-2H3,(H,15,16,17)/t13-/m1/s1. The molecule has 0 spiro atoms. The molecular formula is C14H16N4O. The molecule has 2 aromatic rings. The lowest BCUT2D eigenvalue weighted by atomic mass is 10.1. The first-order chi connectivity index (χ1) is 9.18. The number of nitrogens with one attached hydrogen (secondary N) is 1. The van der Waals surface area contributed by atoms with Crippen molar-refractivity contribution in [2.45, 2.75) is 6.04 Å². The number of anilines is 1. The van der Waals surface area contributed by atoms with Crippen molar-refractivity contribution in [3.8, 4) is 0 Å². The first-order valence-electron chi connectivity index (χ1n) is 5.97. The first kappa shape index (κ1) is 13.0. The van der Waals surface area contributed by atoms with Crippen molar-refractivity contribution in [2.24, 2.45) is 0 Å². The van der Waals surface area contributed by atoms with Crippen LogP contribution in [0.25, 0.3) is 0 Å². The minimum absolute atomic E-state index is 0.0233. The maximum absolute atomic E-state index is 12.3. The molecule has 1 N–H and O–H groups in total. The average molecular weight is 256 g/mol. The highest BCUT2D eigenvalue weighted by atomic mass is 16.2. The molecule has 1 atom stereocenters. The Balaban J connectivity index is 2.28. The van der Waals surface area contributed by atoms with E-state index in [-0.39, 0.29) is 5.91 Å². The van der Waals surface area contributed by atoms with Crippen LogP contribution in [-0.2, 0) is 4.79 Å². The van der Waals surface area contributed by atoms with Crippen molar-refractivity contribution in [1.82, 2.24) is 14.9 Å². The minimum atomic E-state index is -0.453. The Morgan fingerprint density at radius 2 is 1.95 bits per heavy atom. The third-order valence-corrected chi connectivity index (χ3v) is 2.69. The number of likely N-dealkylation sites (N-methyl/N-ethyl adjacent to an activating group) is 1. The van der Waals surface area contributed by atoms with Gasteiger partial charge in [0.25, 0.3) is 0 Å². The highest BCUT2D eigenvalue weighted by Gasteiger charge is 2.22. The van der Waals surface area contributed by atoms with E-state index < -0.39 is 6.04 Å². The molecule has 1 aromatic heterocycles. The summed E-state index contributed by atoms with van der Waals surface area (Å²) in [6.07, 6.45) is 3.09. The van der Waals surface area contributed by atoms with Crippen LogP contribution in [0.15, 0.2) is 48.9 Å². The van der Waals surface area contributed by atoms with Crippen molar-refractivity contribution in [3.63, 3.8) is 0 Å². The Labute approximate surface area is 112 Å². The van der Waals surface area contributed by atoms with Crippen LogP contribution in [-0.4, -0.2) is 34.9 Å². The zero-order chi connectivity index (χ0) is 13.7. The molecule has 0 bridgehead atoms. The largest absolute Gasteiger partial charge is 0.355 e. The van der Waals surface area contributed by atoms with Gasteiger partial charge in [0.05, 0.1) is 0 Å². The SMILES string of the molecule is CN(C)C(=O)[C@H](Nc1ccncn1)c1ccccc1. The molecule has 0 saturated heterocycles. The van der Waals surface area contributed by atoms with Crippen molar-refractivity contribution in [1.29, 1.82) is 0 Å². The van der Waals surface area contributed by atoms with Crippen LogP contribution in [0.4, 0.5) is 5.82 Å². The number of rotatable bonds is 4. The molecule has 0 fully saturated rings. The summed E-state index contributed by atoms with van der Waals surface area (Å²) in [6.45, 7) is 0. The maximum Gasteiger partial charge on any atom is 0.249 e. The predicted molar refractivity (Wildman–Crippen MR) is 73.5 cm³/mol.